The van der Waals surface area contributed by atoms with Gasteiger partial charge in [-0.25, -0.2) is 0 Å². The Morgan fingerprint density at radius 3 is 2.48 bits per heavy atom. The van der Waals surface area contributed by atoms with Gasteiger partial charge in [-0.15, -0.1) is 11.8 Å². The topological polar surface area (TPSA) is 78.5 Å². The van der Waals surface area contributed by atoms with E-state index in [1.165, 1.54) is 11.8 Å². The molecule has 2 N–H and O–H groups in total. The normalized spacial score (nSPS) is 17.3. The first-order chi connectivity index (χ1) is 12.7. The van der Waals surface area contributed by atoms with Crippen molar-refractivity contribution in [2.24, 2.45) is 11.3 Å². The highest BCUT2D eigenvalue weighted by molar-refractivity contribution is 8.00. The Labute approximate surface area is 169 Å². The van der Waals surface area contributed by atoms with Gasteiger partial charge in [-0.05, 0) is 37.1 Å². The molecule has 0 aromatic heterocycles. The third-order valence-corrected chi connectivity index (χ3v) is 5.49. The third-order valence-electron chi connectivity index (χ3n) is 4.23. The fraction of sp³-hybridized carbons (Fsp3) is 0.526. The van der Waals surface area contributed by atoms with Gasteiger partial charge in [0.2, 0.25) is 17.7 Å². The first-order valence-electron chi connectivity index (χ1n) is 8.93. The Hall–Kier alpha value is -1.73. The zero-order valence-electron chi connectivity index (χ0n) is 15.9. The maximum Gasteiger partial charge on any atom is 0.248 e. The number of amides is 3. The molecule has 3 amide bonds. The molecule has 27 heavy (non-hydrogen) atoms. The number of piperidine rings is 1. The molecule has 1 saturated heterocycles. The molecule has 6 nitrogen and oxygen atoms in total. The summed E-state index contributed by atoms with van der Waals surface area (Å²) in [5.74, 6) is -0.632. The summed E-state index contributed by atoms with van der Waals surface area (Å²) in [4.78, 5) is 39.4. The van der Waals surface area contributed by atoms with Crippen LogP contribution in [0.5, 0.6) is 0 Å². The average molecular weight is 412 g/mol. The van der Waals surface area contributed by atoms with Gasteiger partial charge in [0.25, 0.3) is 0 Å². The monoisotopic (exact) mass is 411 g/mol. The zero-order valence-corrected chi connectivity index (χ0v) is 17.5. The maximum absolute atomic E-state index is 12.4. The molecular weight excluding hydrogens is 386 g/mol. The number of hydrogen-bond donors (Lipinski definition) is 2. The van der Waals surface area contributed by atoms with Crippen molar-refractivity contribution in [3.05, 3.63) is 29.3 Å². The molecule has 0 radical (unpaired) electrons. The predicted molar refractivity (Wildman–Crippen MR) is 107 cm³/mol. The van der Waals surface area contributed by atoms with Crippen LogP contribution in [0.15, 0.2) is 29.2 Å². The summed E-state index contributed by atoms with van der Waals surface area (Å²) in [6.45, 7) is 6.67. The number of hydrogen-bond acceptors (Lipinski definition) is 4. The van der Waals surface area contributed by atoms with Gasteiger partial charge in [-0.3, -0.25) is 25.2 Å². The number of nitrogens with zero attached hydrogens (tertiary/aromatic N) is 1. The number of rotatable bonds is 4. The zero-order chi connectivity index (χ0) is 20.0. The number of hydrazine groups is 1. The van der Waals surface area contributed by atoms with E-state index in [1.807, 2.05) is 32.9 Å². The summed E-state index contributed by atoms with van der Waals surface area (Å²) in [5, 5.41) is 0.641. The summed E-state index contributed by atoms with van der Waals surface area (Å²) in [6, 6.07) is 7.19. The van der Waals surface area contributed by atoms with Crippen LogP contribution in [0, 0.1) is 11.3 Å². The van der Waals surface area contributed by atoms with Gasteiger partial charge in [0, 0.05) is 28.4 Å². The van der Waals surface area contributed by atoms with Crippen molar-refractivity contribution in [1.82, 2.24) is 15.8 Å². The van der Waals surface area contributed by atoms with Crippen molar-refractivity contribution in [2.75, 3.05) is 18.8 Å². The number of carbonyl (C=O) groups excluding carboxylic acids is 3. The Balaban J connectivity index is 1.76. The molecule has 2 rings (SSSR count). The van der Waals surface area contributed by atoms with Crippen LogP contribution in [-0.2, 0) is 14.4 Å². The number of nitrogens with one attached hydrogen (secondary N) is 2. The van der Waals surface area contributed by atoms with E-state index < -0.39 is 5.41 Å². The van der Waals surface area contributed by atoms with Gasteiger partial charge >= 0.3 is 0 Å². The van der Waals surface area contributed by atoms with Gasteiger partial charge in [-0.2, -0.15) is 0 Å². The van der Waals surface area contributed by atoms with E-state index in [0.29, 0.717) is 24.5 Å². The molecule has 1 aromatic carbocycles. The molecule has 0 bridgehead atoms. The highest BCUT2D eigenvalue weighted by atomic mass is 35.5. The van der Waals surface area contributed by atoms with Crippen LogP contribution in [0.2, 0.25) is 5.02 Å². The van der Waals surface area contributed by atoms with E-state index >= 15 is 0 Å². The largest absolute Gasteiger partial charge is 0.341 e. The predicted octanol–water partition coefficient (Wildman–Crippen LogP) is 2.86. The molecule has 1 aliphatic rings. The van der Waals surface area contributed by atoms with E-state index in [4.69, 9.17) is 11.6 Å². The van der Waals surface area contributed by atoms with Crippen LogP contribution in [0.25, 0.3) is 0 Å². The minimum atomic E-state index is -0.467. The molecule has 0 spiro atoms. The van der Waals surface area contributed by atoms with Crippen molar-refractivity contribution in [3.8, 4) is 0 Å². The van der Waals surface area contributed by atoms with Gasteiger partial charge in [0.05, 0.1) is 11.7 Å². The van der Waals surface area contributed by atoms with E-state index in [2.05, 4.69) is 10.9 Å². The van der Waals surface area contributed by atoms with Crippen LogP contribution >= 0.6 is 23.4 Å². The van der Waals surface area contributed by atoms with Crippen molar-refractivity contribution >= 4 is 41.1 Å². The molecule has 1 atom stereocenters. The second-order valence-electron chi connectivity index (χ2n) is 7.62. The van der Waals surface area contributed by atoms with Crippen molar-refractivity contribution in [1.29, 1.82) is 0 Å². The summed E-state index contributed by atoms with van der Waals surface area (Å²) < 4.78 is 0. The highest BCUT2D eigenvalue weighted by Gasteiger charge is 2.33. The van der Waals surface area contributed by atoms with E-state index in [-0.39, 0.29) is 29.4 Å². The first-order valence-corrected chi connectivity index (χ1v) is 10.3. The van der Waals surface area contributed by atoms with Crippen LogP contribution in [0.3, 0.4) is 0 Å². The SMILES string of the molecule is CC(C)(C)C(=O)N1CCCC(C(=O)NNC(=O)CSc2ccc(Cl)cc2)C1. The molecule has 1 fully saturated rings. The summed E-state index contributed by atoms with van der Waals surface area (Å²) in [7, 11) is 0. The first kappa shape index (κ1) is 21.6. The highest BCUT2D eigenvalue weighted by Crippen LogP contribution is 2.23. The minimum absolute atomic E-state index is 0.0448. The molecule has 1 aromatic rings. The van der Waals surface area contributed by atoms with E-state index in [1.54, 1.807) is 17.0 Å². The molecule has 1 heterocycles. The number of thioether (sulfide) groups is 1. The van der Waals surface area contributed by atoms with Gasteiger partial charge in [-0.1, -0.05) is 32.4 Å². The number of halogens is 1. The fourth-order valence-corrected chi connectivity index (χ4v) is 3.62. The smallest absolute Gasteiger partial charge is 0.248 e. The summed E-state index contributed by atoms with van der Waals surface area (Å²) >= 11 is 7.18. The number of likely N-dealkylation sites (tertiary alicyclic amines) is 1. The average Bonchev–Trinajstić information content (AvgIpc) is 2.64. The minimum Gasteiger partial charge on any atom is -0.341 e. The Morgan fingerprint density at radius 1 is 1.19 bits per heavy atom. The lowest BCUT2D eigenvalue weighted by Gasteiger charge is -2.35. The number of carbonyl (C=O) groups is 3. The maximum atomic E-state index is 12.4. The van der Waals surface area contributed by atoms with E-state index in [0.717, 1.165) is 11.3 Å². The van der Waals surface area contributed by atoms with E-state index in [9.17, 15) is 14.4 Å². The second kappa shape index (κ2) is 9.46. The Kier molecular flexibility index (Phi) is 7.56. The number of benzene rings is 1. The Bertz CT molecular complexity index is 688. The standard InChI is InChI=1S/C19H26ClN3O3S/c1-19(2,3)18(26)23-10-4-5-13(11-23)17(25)22-21-16(24)12-27-15-8-6-14(20)7-9-15/h6-9,13H,4-5,10-12H2,1-3H3,(H,21,24)(H,22,25). The lowest BCUT2D eigenvalue weighted by molar-refractivity contribution is -0.143. The quantitative estimate of drug-likeness (QED) is 0.589. The lowest BCUT2D eigenvalue weighted by atomic mass is 9.91. The lowest BCUT2D eigenvalue weighted by Crippen LogP contribution is -2.51. The molecule has 1 unspecified atom stereocenters. The third kappa shape index (κ3) is 6.74. The second-order valence-corrected chi connectivity index (χ2v) is 9.11. The summed E-state index contributed by atoms with van der Waals surface area (Å²) in [6.07, 6.45) is 1.48. The van der Waals surface area contributed by atoms with Crippen LogP contribution in [0.1, 0.15) is 33.6 Å². The van der Waals surface area contributed by atoms with Crippen LogP contribution in [-0.4, -0.2) is 41.5 Å². The van der Waals surface area contributed by atoms with Crippen molar-refractivity contribution in [3.63, 3.8) is 0 Å². The molecule has 8 heteroatoms. The molecule has 0 aliphatic carbocycles. The molecular formula is C19H26ClN3O3S. The van der Waals surface area contributed by atoms with Crippen molar-refractivity contribution < 1.29 is 14.4 Å². The fourth-order valence-electron chi connectivity index (χ4n) is 2.80. The molecule has 1 aliphatic heterocycles. The molecule has 0 saturated carbocycles. The van der Waals surface area contributed by atoms with Crippen molar-refractivity contribution in [2.45, 2.75) is 38.5 Å². The van der Waals surface area contributed by atoms with Crippen LogP contribution in [0.4, 0.5) is 0 Å². The van der Waals surface area contributed by atoms with Gasteiger partial charge in [0.15, 0.2) is 0 Å². The van der Waals surface area contributed by atoms with Gasteiger partial charge in [0.1, 0.15) is 0 Å². The summed E-state index contributed by atoms with van der Waals surface area (Å²) in [5.41, 5.74) is 4.46. The molecule has 148 valence electrons. The Morgan fingerprint density at radius 2 is 1.85 bits per heavy atom. The van der Waals surface area contributed by atoms with Gasteiger partial charge < -0.3 is 4.90 Å². The van der Waals surface area contributed by atoms with Crippen LogP contribution < -0.4 is 10.9 Å².